The third kappa shape index (κ3) is 4.30. The molecule has 1 aliphatic heterocycles. The number of rotatable bonds is 5. The lowest BCUT2D eigenvalue weighted by Gasteiger charge is -2.31. The molecule has 0 spiro atoms. The van der Waals surface area contributed by atoms with E-state index in [0.717, 1.165) is 4.88 Å². The number of amides is 2. The van der Waals surface area contributed by atoms with Crippen LogP contribution in [-0.2, 0) is 25.8 Å². The molecule has 22 heavy (non-hydrogen) atoms. The molecular formula is C14H20N2O4S2. The molecule has 0 aromatic carbocycles. The molecule has 0 unspecified atom stereocenters. The minimum Gasteiger partial charge on any atom is -0.358 e. The maximum absolute atomic E-state index is 12.2. The molecule has 8 heteroatoms. The summed E-state index contributed by atoms with van der Waals surface area (Å²) < 4.78 is 24.3. The lowest BCUT2D eigenvalue weighted by atomic mass is 10.1. The lowest BCUT2D eigenvalue weighted by Crippen LogP contribution is -2.44. The van der Waals surface area contributed by atoms with Gasteiger partial charge in [-0.25, -0.2) is 8.42 Å². The number of piperidine rings is 1. The standard InChI is InChI=1S/C14H20N2O4S2/c1-15-13(17)10-22(19,20)12-4-6-16(7-5-12)14(18)9-11-3-2-8-21-11/h2-3,8,12H,4-7,9-10H2,1H3,(H,15,17). The first-order valence-electron chi connectivity index (χ1n) is 7.14. The van der Waals surface area contributed by atoms with E-state index in [2.05, 4.69) is 5.32 Å². The van der Waals surface area contributed by atoms with Gasteiger partial charge in [0.15, 0.2) is 9.84 Å². The van der Waals surface area contributed by atoms with E-state index in [1.165, 1.54) is 7.05 Å². The third-order valence-corrected chi connectivity index (χ3v) is 6.85. The quantitative estimate of drug-likeness (QED) is 0.840. The molecule has 1 aliphatic rings. The second kappa shape index (κ2) is 7.23. The van der Waals surface area contributed by atoms with Crippen LogP contribution in [0.4, 0.5) is 0 Å². The number of thiophene rings is 1. The minimum atomic E-state index is -3.44. The summed E-state index contributed by atoms with van der Waals surface area (Å²) in [5.74, 6) is -0.932. The van der Waals surface area contributed by atoms with Crippen LogP contribution >= 0.6 is 11.3 Å². The molecule has 2 rings (SSSR count). The molecule has 1 saturated heterocycles. The fraction of sp³-hybridized carbons (Fsp3) is 0.571. The zero-order chi connectivity index (χ0) is 16.2. The molecule has 0 radical (unpaired) electrons. The molecule has 122 valence electrons. The van der Waals surface area contributed by atoms with Crippen LogP contribution in [0.1, 0.15) is 17.7 Å². The summed E-state index contributed by atoms with van der Waals surface area (Å²) in [7, 11) is -2.02. The van der Waals surface area contributed by atoms with Crippen LogP contribution in [0.3, 0.4) is 0 Å². The highest BCUT2D eigenvalue weighted by atomic mass is 32.2. The van der Waals surface area contributed by atoms with Crippen molar-refractivity contribution in [3.63, 3.8) is 0 Å². The molecule has 0 saturated carbocycles. The van der Waals surface area contributed by atoms with Gasteiger partial charge in [-0.1, -0.05) is 6.07 Å². The summed E-state index contributed by atoms with van der Waals surface area (Å²) in [6.07, 6.45) is 1.17. The van der Waals surface area contributed by atoms with E-state index in [-0.39, 0.29) is 5.91 Å². The van der Waals surface area contributed by atoms with Crippen molar-refractivity contribution in [2.45, 2.75) is 24.5 Å². The summed E-state index contributed by atoms with van der Waals surface area (Å²) in [4.78, 5) is 26.2. The maximum Gasteiger partial charge on any atom is 0.234 e. The second-order valence-corrected chi connectivity index (χ2v) is 8.63. The molecule has 2 heterocycles. The third-order valence-electron chi connectivity index (χ3n) is 3.82. The molecule has 0 bridgehead atoms. The van der Waals surface area contributed by atoms with Crippen molar-refractivity contribution in [1.82, 2.24) is 10.2 Å². The number of carbonyl (C=O) groups excluding carboxylic acids is 2. The molecule has 6 nitrogen and oxygen atoms in total. The molecule has 0 atom stereocenters. The zero-order valence-electron chi connectivity index (χ0n) is 12.4. The predicted molar refractivity (Wildman–Crippen MR) is 85.5 cm³/mol. The van der Waals surface area contributed by atoms with Gasteiger partial charge in [0.2, 0.25) is 11.8 Å². The van der Waals surface area contributed by atoms with Gasteiger partial charge in [-0.05, 0) is 24.3 Å². The average molecular weight is 344 g/mol. The van der Waals surface area contributed by atoms with Crippen LogP contribution < -0.4 is 5.32 Å². The lowest BCUT2D eigenvalue weighted by molar-refractivity contribution is -0.131. The van der Waals surface area contributed by atoms with Crippen LogP contribution in [0.15, 0.2) is 17.5 Å². The average Bonchev–Trinajstić information content (AvgIpc) is 2.99. The molecule has 1 aromatic rings. The SMILES string of the molecule is CNC(=O)CS(=O)(=O)C1CCN(C(=O)Cc2cccs2)CC1. The predicted octanol–water partition coefficient (Wildman–Crippen LogP) is 0.442. The maximum atomic E-state index is 12.2. The van der Waals surface area contributed by atoms with Crippen molar-refractivity contribution < 1.29 is 18.0 Å². The largest absolute Gasteiger partial charge is 0.358 e. The van der Waals surface area contributed by atoms with Crippen LogP contribution in [0, 0.1) is 0 Å². The van der Waals surface area contributed by atoms with E-state index >= 15 is 0 Å². The van der Waals surface area contributed by atoms with Gasteiger partial charge < -0.3 is 10.2 Å². The van der Waals surface area contributed by atoms with Crippen molar-refractivity contribution in [3.8, 4) is 0 Å². The Labute approximate surface area is 134 Å². The van der Waals surface area contributed by atoms with Gasteiger partial charge >= 0.3 is 0 Å². The Morgan fingerprint density at radius 3 is 2.59 bits per heavy atom. The summed E-state index contributed by atoms with van der Waals surface area (Å²) in [5.41, 5.74) is 0. The molecule has 0 aliphatic carbocycles. The van der Waals surface area contributed by atoms with E-state index in [1.54, 1.807) is 16.2 Å². The van der Waals surface area contributed by atoms with Crippen molar-refractivity contribution in [2.24, 2.45) is 0 Å². The highest BCUT2D eigenvalue weighted by Crippen LogP contribution is 2.20. The number of likely N-dealkylation sites (tertiary alicyclic amines) is 1. The van der Waals surface area contributed by atoms with Gasteiger partial charge in [0.25, 0.3) is 0 Å². The summed E-state index contributed by atoms with van der Waals surface area (Å²) in [5, 5.41) is 3.73. The van der Waals surface area contributed by atoms with Crippen LogP contribution in [0.2, 0.25) is 0 Å². The van der Waals surface area contributed by atoms with Crippen molar-refractivity contribution in [2.75, 3.05) is 25.9 Å². The number of nitrogens with one attached hydrogen (secondary N) is 1. The van der Waals surface area contributed by atoms with Crippen LogP contribution in [0.5, 0.6) is 0 Å². The van der Waals surface area contributed by atoms with E-state index in [9.17, 15) is 18.0 Å². The Kier molecular flexibility index (Phi) is 5.57. The van der Waals surface area contributed by atoms with Gasteiger partial charge in [-0.3, -0.25) is 9.59 Å². The Bertz CT molecular complexity index is 617. The summed E-state index contributed by atoms with van der Waals surface area (Å²) in [6.45, 7) is 0.865. The first kappa shape index (κ1) is 17.0. The number of sulfone groups is 1. The number of carbonyl (C=O) groups is 2. The topological polar surface area (TPSA) is 83.6 Å². The van der Waals surface area contributed by atoms with E-state index < -0.39 is 26.7 Å². The molecule has 2 amide bonds. The summed E-state index contributed by atoms with van der Waals surface area (Å²) in [6, 6.07) is 3.83. The Hall–Kier alpha value is -1.41. The minimum absolute atomic E-state index is 0.0320. The van der Waals surface area contributed by atoms with Crippen molar-refractivity contribution >= 4 is 33.0 Å². The number of hydrogen-bond donors (Lipinski definition) is 1. The second-order valence-electron chi connectivity index (χ2n) is 5.32. The molecule has 1 N–H and O–H groups in total. The fourth-order valence-corrected chi connectivity index (χ4v) is 4.88. The molecule has 1 aromatic heterocycles. The number of nitrogens with zero attached hydrogens (tertiary/aromatic N) is 1. The highest BCUT2D eigenvalue weighted by Gasteiger charge is 2.32. The highest BCUT2D eigenvalue weighted by molar-refractivity contribution is 7.92. The Balaban J connectivity index is 1.87. The first-order chi connectivity index (χ1) is 10.4. The van der Waals surface area contributed by atoms with Gasteiger partial charge in [-0.2, -0.15) is 0 Å². The van der Waals surface area contributed by atoms with E-state index in [1.807, 2.05) is 17.5 Å². The molecular weight excluding hydrogens is 324 g/mol. The van der Waals surface area contributed by atoms with Crippen LogP contribution in [-0.4, -0.2) is 56.3 Å². The van der Waals surface area contributed by atoms with Gasteiger partial charge in [-0.15, -0.1) is 11.3 Å². The van der Waals surface area contributed by atoms with Crippen molar-refractivity contribution in [1.29, 1.82) is 0 Å². The fourth-order valence-electron chi connectivity index (χ4n) is 2.51. The normalized spacial score (nSPS) is 16.5. The van der Waals surface area contributed by atoms with Gasteiger partial charge in [0.1, 0.15) is 5.75 Å². The van der Waals surface area contributed by atoms with Gasteiger partial charge in [0, 0.05) is 25.0 Å². The van der Waals surface area contributed by atoms with Crippen molar-refractivity contribution in [3.05, 3.63) is 22.4 Å². The Morgan fingerprint density at radius 2 is 2.05 bits per heavy atom. The first-order valence-corrected chi connectivity index (χ1v) is 9.74. The van der Waals surface area contributed by atoms with E-state index in [4.69, 9.17) is 0 Å². The van der Waals surface area contributed by atoms with Crippen LogP contribution in [0.25, 0.3) is 0 Å². The van der Waals surface area contributed by atoms with E-state index in [0.29, 0.717) is 32.4 Å². The Morgan fingerprint density at radius 1 is 1.36 bits per heavy atom. The van der Waals surface area contributed by atoms with Gasteiger partial charge in [0.05, 0.1) is 11.7 Å². The summed E-state index contributed by atoms with van der Waals surface area (Å²) >= 11 is 1.54. The number of hydrogen-bond acceptors (Lipinski definition) is 5. The smallest absolute Gasteiger partial charge is 0.234 e. The molecule has 1 fully saturated rings. The zero-order valence-corrected chi connectivity index (χ0v) is 14.1. The monoisotopic (exact) mass is 344 g/mol.